The lowest BCUT2D eigenvalue weighted by molar-refractivity contribution is 0.0235. The number of rotatable bonds is 6. The lowest BCUT2D eigenvalue weighted by Gasteiger charge is -2.27. The number of nitrogens with zero attached hydrogens (tertiary/aromatic N) is 3. The van der Waals surface area contributed by atoms with E-state index in [1.807, 2.05) is 33.0 Å². The van der Waals surface area contributed by atoms with Crippen molar-refractivity contribution >= 4 is 28.4 Å². The van der Waals surface area contributed by atoms with Crippen molar-refractivity contribution in [2.75, 3.05) is 5.32 Å². The molecule has 3 atom stereocenters. The van der Waals surface area contributed by atoms with Crippen LogP contribution in [-0.4, -0.2) is 33.1 Å². The Morgan fingerprint density at radius 1 is 1.18 bits per heavy atom. The second-order valence-corrected chi connectivity index (χ2v) is 9.33. The Bertz CT molecular complexity index is 1240. The van der Waals surface area contributed by atoms with Crippen LogP contribution in [0.4, 0.5) is 11.6 Å². The lowest BCUT2D eigenvalue weighted by atomic mass is 9.88. The van der Waals surface area contributed by atoms with Crippen LogP contribution in [0.3, 0.4) is 0 Å². The summed E-state index contributed by atoms with van der Waals surface area (Å²) in [6, 6.07) is 5.48. The molecule has 0 spiro atoms. The quantitative estimate of drug-likeness (QED) is 0.529. The van der Waals surface area contributed by atoms with E-state index >= 15 is 0 Å². The average molecular weight is 448 g/mol. The summed E-state index contributed by atoms with van der Waals surface area (Å²) in [5.74, 6) is 1.51. The minimum absolute atomic E-state index is 0.00585. The zero-order chi connectivity index (χ0) is 23.3. The van der Waals surface area contributed by atoms with Crippen molar-refractivity contribution in [2.45, 2.75) is 70.6 Å². The minimum atomic E-state index is -0.544. The fourth-order valence-electron chi connectivity index (χ4n) is 4.01. The van der Waals surface area contributed by atoms with E-state index in [1.165, 1.54) is 0 Å². The van der Waals surface area contributed by atoms with Crippen LogP contribution in [0.5, 0.6) is 5.88 Å². The van der Waals surface area contributed by atoms with Gasteiger partial charge >= 0.3 is 5.97 Å². The molecule has 0 unspecified atom stereocenters. The second kappa shape index (κ2) is 7.95. The Labute approximate surface area is 192 Å². The number of aromatic nitrogens is 3. The molecule has 3 aromatic rings. The molecule has 1 saturated carbocycles. The second-order valence-electron chi connectivity index (χ2n) is 9.33. The maximum Gasteiger partial charge on any atom is 0.340 e. The highest BCUT2D eigenvalue weighted by Crippen LogP contribution is 2.37. The standard InChI is InChI=1S/C25H29N5O3/c1-5-25(4,26)19-12-28-23(33-15-6-7-15)18-11-27-21(10-17(18)19)29-20-9-8-16-22(30-20)13(2)14(3)32-24(16)31/h8-15H,5-7,26H2,1-4H3,(H,27,29,30)/t13-,14+,25-/m0/s1. The van der Waals surface area contributed by atoms with Gasteiger partial charge in [0.05, 0.1) is 16.6 Å². The molecule has 0 bridgehead atoms. The van der Waals surface area contributed by atoms with Crippen LogP contribution in [0, 0.1) is 0 Å². The summed E-state index contributed by atoms with van der Waals surface area (Å²) < 4.78 is 11.4. The summed E-state index contributed by atoms with van der Waals surface area (Å²) in [5, 5.41) is 5.09. The van der Waals surface area contributed by atoms with Crippen molar-refractivity contribution in [2.24, 2.45) is 5.73 Å². The summed E-state index contributed by atoms with van der Waals surface area (Å²) in [5.41, 5.74) is 8.25. The van der Waals surface area contributed by atoms with E-state index in [2.05, 4.69) is 22.2 Å². The number of fused-ring (bicyclic) bond motifs is 2. The van der Waals surface area contributed by atoms with Crippen molar-refractivity contribution in [1.82, 2.24) is 15.0 Å². The minimum Gasteiger partial charge on any atom is -0.474 e. The molecule has 0 aromatic carbocycles. The van der Waals surface area contributed by atoms with E-state index in [9.17, 15) is 4.79 Å². The van der Waals surface area contributed by atoms with Gasteiger partial charge in [-0.25, -0.2) is 19.7 Å². The lowest BCUT2D eigenvalue weighted by Crippen LogP contribution is -2.32. The van der Waals surface area contributed by atoms with E-state index in [1.54, 1.807) is 18.3 Å². The number of ether oxygens (including phenoxy) is 2. The molecule has 8 nitrogen and oxygen atoms in total. The number of hydrogen-bond acceptors (Lipinski definition) is 8. The number of hydrogen-bond donors (Lipinski definition) is 2. The fourth-order valence-corrected chi connectivity index (χ4v) is 4.01. The van der Waals surface area contributed by atoms with Crippen molar-refractivity contribution in [3.05, 3.63) is 47.4 Å². The number of anilines is 2. The number of carbonyl (C=O) groups is 1. The SMILES string of the molecule is CC[C@](C)(N)c1cnc(OC2CC2)c2cnc(Nc3ccc4c(n3)[C@@H](C)[C@@H](C)OC4=O)cc12. The van der Waals surface area contributed by atoms with Gasteiger partial charge in [0.1, 0.15) is 23.8 Å². The van der Waals surface area contributed by atoms with Gasteiger partial charge in [-0.1, -0.05) is 13.8 Å². The molecule has 3 N–H and O–H groups in total. The predicted molar refractivity (Wildman–Crippen MR) is 126 cm³/mol. The maximum atomic E-state index is 12.2. The van der Waals surface area contributed by atoms with Crippen molar-refractivity contribution in [3.63, 3.8) is 0 Å². The van der Waals surface area contributed by atoms with E-state index < -0.39 is 5.54 Å². The molecule has 1 aliphatic heterocycles. The third-order valence-corrected chi connectivity index (χ3v) is 6.72. The highest BCUT2D eigenvalue weighted by molar-refractivity contribution is 5.93. The van der Waals surface area contributed by atoms with E-state index in [-0.39, 0.29) is 24.1 Å². The summed E-state index contributed by atoms with van der Waals surface area (Å²) in [6.45, 7) is 7.96. The molecular formula is C25H29N5O3. The Hall–Kier alpha value is -3.26. The summed E-state index contributed by atoms with van der Waals surface area (Å²) in [6.07, 6.45) is 6.47. The van der Waals surface area contributed by atoms with E-state index in [0.29, 0.717) is 23.1 Å². The Morgan fingerprint density at radius 3 is 2.70 bits per heavy atom. The first-order chi connectivity index (χ1) is 15.8. The van der Waals surface area contributed by atoms with Gasteiger partial charge in [0.25, 0.3) is 0 Å². The zero-order valence-corrected chi connectivity index (χ0v) is 19.4. The number of nitrogens with one attached hydrogen (secondary N) is 1. The largest absolute Gasteiger partial charge is 0.474 e. The van der Waals surface area contributed by atoms with Gasteiger partial charge in [-0.2, -0.15) is 0 Å². The van der Waals surface area contributed by atoms with Crippen LogP contribution in [0.2, 0.25) is 0 Å². The number of carbonyl (C=O) groups excluding carboxylic acids is 1. The molecular weight excluding hydrogens is 418 g/mol. The maximum absolute atomic E-state index is 12.2. The Kier molecular flexibility index (Phi) is 5.20. The zero-order valence-electron chi connectivity index (χ0n) is 19.4. The summed E-state index contributed by atoms with van der Waals surface area (Å²) >= 11 is 0. The van der Waals surface area contributed by atoms with Crippen LogP contribution >= 0.6 is 0 Å². The average Bonchev–Trinajstić information content (AvgIpc) is 3.61. The molecule has 0 amide bonds. The predicted octanol–water partition coefficient (Wildman–Crippen LogP) is 4.56. The van der Waals surface area contributed by atoms with Crippen LogP contribution in [0.15, 0.2) is 30.6 Å². The van der Waals surface area contributed by atoms with Crippen LogP contribution in [0.25, 0.3) is 10.8 Å². The highest BCUT2D eigenvalue weighted by atomic mass is 16.5. The highest BCUT2D eigenvalue weighted by Gasteiger charge is 2.32. The van der Waals surface area contributed by atoms with E-state index in [4.69, 9.17) is 20.2 Å². The Morgan fingerprint density at radius 2 is 1.97 bits per heavy atom. The molecule has 0 radical (unpaired) electrons. The van der Waals surface area contributed by atoms with Gasteiger partial charge < -0.3 is 20.5 Å². The van der Waals surface area contributed by atoms with Crippen LogP contribution in [0.1, 0.15) is 74.5 Å². The topological polar surface area (TPSA) is 112 Å². The third kappa shape index (κ3) is 3.99. The van der Waals surface area contributed by atoms with Gasteiger partial charge in [-0.3, -0.25) is 0 Å². The van der Waals surface area contributed by atoms with Crippen molar-refractivity contribution in [1.29, 1.82) is 0 Å². The number of pyridine rings is 3. The third-order valence-electron chi connectivity index (χ3n) is 6.72. The normalized spacial score (nSPS) is 21.8. The fraction of sp³-hybridized carbons (Fsp3) is 0.440. The van der Waals surface area contributed by atoms with Gasteiger partial charge in [0.15, 0.2) is 0 Å². The molecule has 3 aromatic heterocycles. The Balaban J connectivity index is 1.54. The summed E-state index contributed by atoms with van der Waals surface area (Å²) in [7, 11) is 0. The molecule has 4 heterocycles. The molecule has 5 rings (SSSR count). The summed E-state index contributed by atoms with van der Waals surface area (Å²) in [4.78, 5) is 26.1. The van der Waals surface area contributed by atoms with Gasteiger partial charge in [-0.05, 0) is 62.3 Å². The molecule has 8 heteroatoms. The molecule has 172 valence electrons. The first kappa shape index (κ1) is 21.6. The molecule has 0 saturated heterocycles. The van der Waals surface area contributed by atoms with E-state index in [0.717, 1.165) is 41.3 Å². The molecule has 33 heavy (non-hydrogen) atoms. The first-order valence-electron chi connectivity index (χ1n) is 11.5. The number of cyclic esters (lactones) is 1. The molecule has 1 aliphatic carbocycles. The van der Waals surface area contributed by atoms with Crippen molar-refractivity contribution < 1.29 is 14.3 Å². The van der Waals surface area contributed by atoms with Gasteiger partial charge in [0, 0.05) is 23.9 Å². The molecule has 2 aliphatic rings. The first-order valence-corrected chi connectivity index (χ1v) is 11.5. The monoisotopic (exact) mass is 447 g/mol. The van der Waals surface area contributed by atoms with Crippen LogP contribution in [-0.2, 0) is 10.3 Å². The number of esters is 1. The van der Waals surface area contributed by atoms with Gasteiger partial charge in [-0.15, -0.1) is 0 Å². The smallest absolute Gasteiger partial charge is 0.340 e. The van der Waals surface area contributed by atoms with Gasteiger partial charge in [0.2, 0.25) is 5.88 Å². The van der Waals surface area contributed by atoms with Crippen molar-refractivity contribution in [3.8, 4) is 5.88 Å². The number of nitrogens with two attached hydrogens (primary N) is 1. The molecule has 1 fully saturated rings. The van der Waals surface area contributed by atoms with Crippen LogP contribution < -0.4 is 15.8 Å².